The second-order valence-corrected chi connectivity index (χ2v) is 7.45. The highest BCUT2D eigenvalue weighted by Gasteiger charge is 2.18. The Morgan fingerprint density at radius 3 is 2.11 bits per heavy atom. The number of sulfonamides is 1. The summed E-state index contributed by atoms with van der Waals surface area (Å²) in [5, 5.41) is 7.41. The molecule has 9 heteroatoms. The van der Waals surface area contributed by atoms with Crippen molar-refractivity contribution in [2.75, 3.05) is 12.8 Å². The van der Waals surface area contributed by atoms with Gasteiger partial charge in [0.2, 0.25) is 10.0 Å². The normalized spacial score (nSPS) is 12.2. The highest BCUT2D eigenvalue weighted by molar-refractivity contribution is 7.91. The van der Waals surface area contributed by atoms with E-state index in [0.29, 0.717) is 6.54 Å². The van der Waals surface area contributed by atoms with E-state index in [2.05, 4.69) is 5.32 Å². The van der Waals surface area contributed by atoms with Crippen molar-refractivity contribution in [1.29, 1.82) is 0 Å². The lowest BCUT2D eigenvalue weighted by atomic mass is 10.2. The molecule has 106 valence electrons. The molecule has 3 N–H and O–H groups in total. The molecule has 0 spiro atoms. The number of carbonyl (C=O) groups is 1. The maximum absolute atomic E-state index is 11.7. The van der Waals surface area contributed by atoms with Crippen molar-refractivity contribution in [3.8, 4) is 0 Å². The molecule has 0 aliphatic carbocycles. The van der Waals surface area contributed by atoms with Crippen LogP contribution in [0.25, 0.3) is 0 Å². The number of hydrogen-bond acceptors (Lipinski definition) is 5. The quantitative estimate of drug-likeness (QED) is 0.775. The van der Waals surface area contributed by atoms with Gasteiger partial charge in [0.05, 0.1) is 9.79 Å². The van der Waals surface area contributed by atoms with Gasteiger partial charge in [-0.05, 0) is 25.1 Å². The highest BCUT2D eigenvalue weighted by Crippen LogP contribution is 2.18. The van der Waals surface area contributed by atoms with Gasteiger partial charge >= 0.3 is 0 Å². The molecule has 1 aromatic carbocycles. The molecule has 0 radical (unpaired) electrons. The first-order valence-corrected chi connectivity index (χ1v) is 8.65. The van der Waals surface area contributed by atoms with Gasteiger partial charge in [0.25, 0.3) is 5.91 Å². The molecule has 0 atom stereocenters. The molecule has 1 aromatic rings. The van der Waals surface area contributed by atoms with Gasteiger partial charge in [-0.3, -0.25) is 4.79 Å². The van der Waals surface area contributed by atoms with Gasteiger partial charge in [-0.2, -0.15) is 0 Å². The first kappa shape index (κ1) is 15.6. The summed E-state index contributed by atoms with van der Waals surface area (Å²) in [6.45, 7) is 2.01. The Balaban J connectivity index is 3.55. The lowest BCUT2D eigenvalue weighted by Gasteiger charge is -2.07. The van der Waals surface area contributed by atoms with Gasteiger partial charge in [-0.15, -0.1) is 0 Å². The largest absolute Gasteiger partial charge is 0.352 e. The molecule has 0 bridgehead atoms. The number of rotatable bonds is 4. The minimum Gasteiger partial charge on any atom is -0.352 e. The molecule has 19 heavy (non-hydrogen) atoms. The zero-order valence-electron chi connectivity index (χ0n) is 10.4. The van der Waals surface area contributed by atoms with Crippen LogP contribution in [-0.4, -0.2) is 35.5 Å². The van der Waals surface area contributed by atoms with Crippen LogP contribution in [0.4, 0.5) is 0 Å². The number of benzene rings is 1. The average molecular weight is 306 g/mol. The molecule has 0 saturated carbocycles. The van der Waals surface area contributed by atoms with Crippen molar-refractivity contribution in [3.63, 3.8) is 0 Å². The number of carbonyl (C=O) groups excluding carboxylic acids is 1. The van der Waals surface area contributed by atoms with Gasteiger partial charge < -0.3 is 5.32 Å². The third-order valence-electron chi connectivity index (χ3n) is 2.24. The number of nitrogens with two attached hydrogens (primary N) is 1. The maximum atomic E-state index is 11.7. The number of hydrogen-bond donors (Lipinski definition) is 2. The monoisotopic (exact) mass is 306 g/mol. The predicted octanol–water partition coefficient (Wildman–Crippen LogP) is -0.513. The predicted molar refractivity (Wildman–Crippen MR) is 68.9 cm³/mol. The maximum Gasteiger partial charge on any atom is 0.251 e. The van der Waals surface area contributed by atoms with Gasteiger partial charge in [0.1, 0.15) is 0 Å². The van der Waals surface area contributed by atoms with Gasteiger partial charge in [-0.1, -0.05) is 0 Å². The van der Waals surface area contributed by atoms with Gasteiger partial charge in [0, 0.05) is 18.4 Å². The molecule has 0 unspecified atom stereocenters. The minimum atomic E-state index is -4.10. The Morgan fingerprint density at radius 2 is 1.68 bits per heavy atom. The lowest BCUT2D eigenvalue weighted by molar-refractivity contribution is 0.0955. The first-order chi connectivity index (χ1) is 8.55. The fraction of sp³-hybridized carbons (Fsp3) is 0.300. The van der Waals surface area contributed by atoms with E-state index in [1.165, 1.54) is 0 Å². The molecule has 0 aliphatic rings. The topological polar surface area (TPSA) is 123 Å². The number of nitrogens with one attached hydrogen (secondary N) is 1. The summed E-state index contributed by atoms with van der Waals surface area (Å²) in [6.07, 6.45) is 0.913. The molecule has 0 saturated heterocycles. The van der Waals surface area contributed by atoms with Gasteiger partial charge in [-0.25, -0.2) is 22.0 Å². The van der Waals surface area contributed by atoms with Crippen LogP contribution in [-0.2, 0) is 19.9 Å². The Bertz CT molecular complexity index is 657. The Kier molecular flexibility index (Phi) is 4.33. The van der Waals surface area contributed by atoms with E-state index in [9.17, 15) is 21.6 Å². The van der Waals surface area contributed by atoms with Crippen LogP contribution >= 0.6 is 0 Å². The van der Waals surface area contributed by atoms with Crippen molar-refractivity contribution >= 4 is 25.8 Å². The molecular formula is C10H14N2O5S2. The highest BCUT2D eigenvalue weighted by atomic mass is 32.2. The van der Waals surface area contributed by atoms with E-state index in [-0.39, 0.29) is 10.5 Å². The fourth-order valence-corrected chi connectivity index (χ4v) is 2.68. The average Bonchev–Trinajstić information content (AvgIpc) is 2.26. The van der Waals surface area contributed by atoms with E-state index in [0.717, 1.165) is 24.5 Å². The summed E-state index contributed by atoms with van der Waals surface area (Å²) in [5.41, 5.74) is -0.0752. The van der Waals surface area contributed by atoms with E-state index in [1.54, 1.807) is 6.92 Å². The van der Waals surface area contributed by atoms with Crippen molar-refractivity contribution in [1.82, 2.24) is 5.32 Å². The molecule has 7 nitrogen and oxygen atoms in total. The van der Waals surface area contributed by atoms with Crippen molar-refractivity contribution < 1.29 is 21.6 Å². The summed E-state index contributed by atoms with van der Waals surface area (Å²) in [7, 11) is -7.76. The standard InChI is InChI=1S/C10H14N2O5S2/c1-3-12-10(13)7-4-8(18(2,14)15)6-9(5-7)19(11,16)17/h4-6H,3H2,1-2H3,(H,12,13)(H2,11,16,17). The fourth-order valence-electron chi connectivity index (χ4n) is 1.34. The van der Waals surface area contributed by atoms with E-state index >= 15 is 0 Å². The van der Waals surface area contributed by atoms with Crippen molar-refractivity contribution in [2.45, 2.75) is 16.7 Å². The van der Waals surface area contributed by atoms with Crippen LogP contribution in [0.2, 0.25) is 0 Å². The molecule has 0 aromatic heterocycles. The Labute approximate surface area is 111 Å². The number of primary sulfonamides is 1. The molecule has 0 aliphatic heterocycles. The third-order valence-corrected chi connectivity index (χ3v) is 4.22. The lowest BCUT2D eigenvalue weighted by Crippen LogP contribution is -2.24. The second-order valence-electron chi connectivity index (χ2n) is 3.87. The van der Waals surface area contributed by atoms with Crippen LogP contribution < -0.4 is 10.5 Å². The summed E-state index contributed by atoms with van der Waals surface area (Å²) >= 11 is 0. The van der Waals surface area contributed by atoms with E-state index < -0.39 is 30.7 Å². The third kappa shape index (κ3) is 4.01. The summed E-state index contributed by atoms with van der Waals surface area (Å²) in [4.78, 5) is 11.0. The molecule has 0 fully saturated rings. The van der Waals surface area contributed by atoms with Crippen LogP contribution in [0, 0.1) is 0 Å². The molecule has 1 rings (SSSR count). The summed E-state index contributed by atoms with van der Waals surface area (Å²) in [6, 6.07) is 3.07. The van der Waals surface area contributed by atoms with Crippen LogP contribution in [0.15, 0.2) is 28.0 Å². The number of sulfone groups is 1. The molecule has 0 heterocycles. The van der Waals surface area contributed by atoms with Crippen molar-refractivity contribution in [3.05, 3.63) is 23.8 Å². The first-order valence-electron chi connectivity index (χ1n) is 5.22. The summed E-state index contributed by atoms with van der Waals surface area (Å²) < 4.78 is 45.5. The SMILES string of the molecule is CCNC(=O)c1cc(S(C)(=O)=O)cc(S(N)(=O)=O)c1. The Hall–Kier alpha value is -1.45. The van der Waals surface area contributed by atoms with Crippen molar-refractivity contribution in [2.24, 2.45) is 5.14 Å². The summed E-state index contributed by atoms with van der Waals surface area (Å²) in [5.74, 6) is -0.571. The van der Waals surface area contributed by atoms with Crippen LogP contribution in [0.1, 0.15) is 17.3 Å². The van der Waals surface area contributed by atoms with Crippen LogP contribution in [0.5, 0.6) is 0 Å². The molecule has 1 amide bonds. The zero-order valence-corrected chi connectivity index (χ0v) is 12.0. The zero-order chi connectivity index (χ0) is 14.8. The Morgan fingerprint density at radius 1 is 1.16 bits per heavy atom. The van der Waals surface area contributed by atoms with Crippen LogP contribution in [0.3, 0.4) is 0 Å². The van der Waals surface area contributed by atoms with Gasteiger partial charge in [0.15, 0.2) is 9.84 Å². The second kappa shape index (κ2) is 5.27. The number of amides is 1. The smallest absolute Gasteiger partial charge is 0.251 e. The molecular weight excluding hydrogens is 292 g/mol. The minimum absolute atomic E-state index is 0.0752. The van der Waals surface area contributed by atoms with E-state index in [4.69, 9.17) is 5.14 Å². The van der Waals surface area contributed by atoms with E-state index in [1.807, 2.05) is 0 Å².